The molecule has 1 amide bonds. The Hall–Kier alpha value is -1.60. The van der Waals surface area contributed by atoms with Gasteiger partial charge in [-0.05, 0) is 30.2 Å². The van der Waals surface area contributed by atoms with Gasteiger partial charge in [-0.2, -0.15) is 0 Å². The third-order valence-corrected chi connectivity index (χ3v) is 4.33. The van der Waals surface area contributed by atoms with Crippen molar-refractivity contribution in [1.82, 2.24) is 10.2 Å². The van der Waals surface area contributed by atoms with Gasteiger partial charge in [-0.1, -0.05) is 29.2 Å². The summed E-state index contributed by atoms with van der Waals surface area (Å²) in [6, 6.07) is 5.44. The highest BCUT2D eigenvalue weighted by molar-refractivity contribution is 8.00. The van der Waals surface area contributed by atoms with E-state index in [-0.39, 0.29) is 0 Å². The van der Waals surface area contributed by atoms with Gasteiger partial charge in [0.25, 0.3) is 0 Å². The molecular weight excluding hydrogens is 268 g/mol. The van der Waals surface area contributed by atoms with E-state index in [1.165, 1.54) is 11.3 Å². The standard InChI is InChI=1S/C11H12N4OS2/c1-6-4-7(9(12)16)2-3-8(6)5-17-11-15-14-10(13)18-11/h2-4H,5H2,1H3,(H2,12,16)(H2,13,14). The van der Waals surface area contributed by atoms with Gasteiger partial charge < -0.3 is 11.5 Å². The second kappa shape index (κ2) is 5.36. The topological polar surface area (TPSA) is 94.9 Å². The van der Waals surface area contributed by atoms with Crippen LogP contribution in [-0.2, 0) is 5.75 Å². The summed E-state index contributed by atoms with van der Waals surface area (Å²) < 4.78 is 0.839. The summed E-state index contributed by atoms with van der Waals surface area (Å²) in [6.45, 7) is 1.96. The average Bonchev–Trinajstić information content (AvgIpc) is 2.73. The number of carbonyl (C=O) groups excluding carboxylic acids is 1. The molecule has 18 heavy (non-hydrogen) atoms. The molecule has 0 aliphatic carbocycles. The number of amides is 1. The maximum absolute atomic E-state index is 11.0. The highest BCUT2D eigenvalue weighted by Gasteiger charge is 2.07. The number of aryl methyl sites for hydroxylation is 1. The number of thioether (sulfide) groups is 1. The van der Waals surface area contributed by atoms with Crippen LogP contribution < -0.4 is 11.5 Å². The lowest BCUT2D eigenvalue weighted by Crippen LogP contribution is -2.11. The number of nitrogens with two attached hydrogens (primary N) is 2. The van der Waals surface area contributed by atoms with Gasteiger partial charge in [-0.3, -0.25) is 4.79 Å². The van der Waals surface area contributed by atoms with E-state index in [9.17, 15) is 4.79 Å². The molecule has 0 fully saturated rings. The molecule has 4 N–H and O–H groups in total. The number of nitrogens with zero attached hydrogens (tertiary/aromatic N) is 2. The maximum atomic E-state index is 11.0. The average molecular weight is 280 g/mol. The van der Waals surface area contributed by atoms with E-state index < -0.39 is 5.91 Å². The number of primary amides is 1. The molecule has 0 saturated heterocycles. The first-order valence-electron chi connectivity index (χ1n) is 5.17. The Balaban J connectivity index is 2.08. The van der Waals surface area contributed by atoms with Crippen molar-refractivity contribution in [1.29, 1.82) is 0 Å². The molecule has 0 bridgehead atoms. The summed E-state index contributed by atoms with van der Waals surface area (Å²) in [7, 11) is 0. The number of anilines is 1. The van der Waals surface area contributed by atoms with Gasteiger partial charge in [-0.25, -0.2) is 0 Å². The Morgan fingerprint density at radius 2 is 2.22 bits per heavy atom. The summed E-state index contributed by atoms with van der Waals surface area (Å²) in [5, 5.41) is 8.16. The summed E-state index contributed by atoms with van der Waals surface area (Å²) in [4.78, 5) is 11.0. The van der Waals surface area contributed by atoms with Crippen molar-refractivity contribution in [3.63, 3.8) is 0 Å². The lowest BCUT2D eigenvalue weighted by atomic mass is 10.1. The van der Waals surface area contributed by atoms with Crippen LogP contribution in [0.2, 0.25) is 0 Å². The van der Waals surface area contributed by atoms with Crippen molar-refractivity contribution < 1.29 is 4.79 Å². The molecule has 1 aromatic heterocycles. The molecule has 2 aromatic rings. The fourth-order valence-corrected chi connectivity index (χ4v) is 3.14. The van der Waals surface area contributed by atoms with Gasteiger partial charge in [0, 0.05) is 11.3 Å². The van der Waals surface area contributed by atoms with Gasteiger partial charge >= 0.3 is 0 Å². The van der Waals surface area contributed by atoms with E-state index >= 15 is 0 Å². The Bertz CT molecular complexity index is 582. The van der Waals surface area contributed by atoms with Gasteiger partial charge in [0.05, 0.1) is 0 Å². The second-order valence-corrected chi connectivity index (χ2v) is 5.93. The molecule has 94 valence electrons. The van der Waals surface area contributed by atoms with Crippen LogP contribution in [0.4, 0.5) is 5.13 Å². The molecular formula is C11H12N4OS2. The SMILES string of the molecule is Cc1cc(C(N)=O)ccc1CSc1nnc(N)s1. The van der Waals surface area contributed by atoms with E-state index in [0.717, 1.165) is 21.2 Å². The smallest absolute Gasteiger partial charge is 0.248 e. The molecule has 2 rings (SSSR count). The Morgan fingerprint density at radius 1 is 1.44 bits per heavy atom. The second-order valence-electron chi connectivity index (χ2n) is 3.70. The molecule has 7 heteroatoms. The van der Waals surface area contributed by atoms with Crippen LogP contribution in [0.3, 0.4) is 0 Å². The van der Waals surface area contributed by atoms with Gasteiger partial charge in [0.2, 0.25) is 11.0 Å². The number of hydrogen-bond acceptors (Lipinski definition) is 6. The van der Waals surface area contributed by atoms with Crippen LogP contribution in [0.5, 0.6) is 0 Å². The first kappa shape index (κ1) is 12.8. The quantitative estimate of drug-likeness (QED) is 0.833. The van der Waals surface area contributed by atoms with Gasteiger partial charge in [0.15, 0.2) is 4.34 Å². The van der Waals surface area contributed by atoms with E-state index in [2.05, 4.69) is 10.2 Å². The molecule has 0 radical (unpaired) electrons. The van der Waals surface area contributed by atoms with Crippen molar-refractivity contribution >= 4 is 34.1 Å². The molecule has 0 spiro atoms. The zero-order valence-electron chi connectivity index (χ0n) is 9.71. The van der Waals surface area contributed by atoms with Crippen LogP contribution in [0, 0.1) is 6.92 Å². The van der Waals surface area contributed by atoms with Crippen molar-refractivity contribution in [3.05, 3.63) is 34.9 Å². The van der Waals surface area contributed by atoms with E-state index in [1.54, 1.807) is 23.9 Å². The minimum Gasteiger partial charge on any atom is -0.374 e. The van der Waals surface area contributed by atoms with Crippen molar-refractivity contribution in [2.75, 3.05) is 5.73 Å². The molecule has 5 nitrogen and oxygen atoms in total. The summed E-state index contributed by atoms with van der Waals surface area (Å²) >= 11 is 2.94. The predicted octanol–water partition coefficient (Wildman–Crippen LogP) is 1.82. The zero-order valence-corrected chi connectivity index (χ0v) is 11.3. The summed E-state index contributed by atoms with van der Waals surface area (Å²) in [5.74, 6) is 0.355. The van der Waals surface area contributed by atoms with Gasteiger partial charge in [-0.15, -0.1) is 10.2 Å². The fourth-order valence-electron chi connectivity index (χ4n) is 1.43. The van der Waals surface area contributed by atoms with Crippen LogP contribution in [0.25, 0.3) is 0 Å². The Morgan fingerprint density at radius 3 is 2.78 bits per heavy atom. The van der Waals surface area contributed by atoms with E-state index in [0.29, 0.717) is 10.7 Å². The monoisotopic (exact) mass is 280 g/mol. The third-order valence-electron chi connectivity index (χ3n) is 2.40. The van der Waals surface area contributed by atoms with Crippen molar-refractivity contribution in [2.24, 2.45) is 5.73 Å². The highest BCUT2D eigenvalue weighted by atomic mass is 32.2. The predicted molar refractivity (Wildman–Crippen MR) is 73.6 cm³/mol. The molecule has 0 aliphatic rings. The number of nitrogen functional groups attached to an aromatic ring is 1. The molecule has 0 atom stereocenters. The molecule has 0 aliphatic heterocycles. The first-order chi connectivity index (χ1) is 8.56. The van der Waals surface area contributed by atoms with E-state index in [4.69, 9.17) is 11.5 Å². The number of benzene rings is 1. The first-order valence-corrected chi connectivity index (χ1v) is 6.97. The minimum atomic E-state index is -0.408. The normalized spacial score (nSPS) is 10.5. The molecule has 0 unspecified atom stereocenters. The fraction of sp³-hybridized carbons (Fsp3) is 0.182. The lowest BCUT2D eigenvalue weighted by Gasteiger charge is -2.05. The number of rotatable bonds is 4. The summed E-state index contributed by atoms with van der Waals surface area (Å²) in [5.41, 5.74) is 13.4. The van der Waals surface area contributed by atoms with Gasteiger partial charge in [0.1, 0.15) is 0 Å². The van der Waals surface area contributed by atoms with Crippen LogP contribution in [0.15, 0.2) is 22.5 Å². The largest absolute Gasteiger partial charge is 0.374 e. The van der Waals surface area contributed by atoms with E-state index in [1.807, 2.05) is 13.0 Å². The zero-order chi connectivity index (χ0) is 13.1. The van der Waals surface area contributed by atoms with Crippen LogP contribution in [0.1, 0.15) is 21.5 Å². The van der Waals surface area contributed by atoms with Crippen LogP contribution >= 0.6 is 23.1 Å². The molecule has 1 heterocycles. The minimum absolute atomic E-state index is 0.408. The summed E-state index contributed by atoms with van der Waals surface area (Å²) in [6.07, 6.45) is 0. The lowest BCUT2D eigenvalue weighted by molar-refractivity contribution is 0.1000. The number of aromatic nitrogens is 2. The van der Waals surface area contributed by atoms with Crippen LogP contribution in [-0.4, -0.2) is 16.1 Å². The number of carbonyl (C=O) groups is 1. The molecule has 0 saturated carbocycles. The third kappa shape index (κ3) is 2.99. The Labute approximate surface area is 113 Å². The Kier molecular flexibility index (Phi) is 3.83. The van der Waals surface area contributed by atoms with Crippen molar-refractivity contribution in [2.45, 2.75) is 17.0 Å². The molecule has 1 aromatic carbocycles. The highest BCUT2D eigenvalue weighted by Crippen LogP contribution is 2.28. The van der Waals surface area contributed by atoms with Crippen molar-refractivity contribution in [3.8, 4) is 0 Å². The maximum Gasteiger partial charge on any atom is 0.248 e. The number of hydrogen-bond donors (Lipinski definition) is 2.